The predicted molar refractivity (Wildman–Crippen MR) is 129 cm³/mol. The molecule has 3 aromatic rings. The van der Waals surface area contributed by atoms with Crippen molar-refractivity contribution in [3.63, 3.8) is 0 Å². The van der Waals surface area contributed by atoms with Crippen molar-refractivity contribution in [2.75, 3.05) is 9.96 Å². The molecule has 0 bridgehead atoms. The highest BCUT2D eigenvalue weighted by Crippen LogP contribution is 2.47. The lowest BCUT2D eigenvalue weighted by Gasteiger charge is -2.29. The van der Waals surface area contributed by atoms with Gasteiger partial charge < -0.3 is 0 Å². The molecule has 0 aromatic heterocycles. The van der Waals surface area contributed by atoms with Gasteiger partial charge in [-0.05, 0) is 53.3 Å². The number of aryl methyl sites for hydroxylation is 1. The molecule has 3 aromatic carbocycles. The highest BCUT2D eigenvalue weighted by Gasteiger charge is 2.60. The second-order valence-corrected chi connectivity index (χ2v) is 9.88. The highest BCUT2D eigenvalue weighted by atomic mass is 16.7. The van der Waals surface area contributed by atoms with Crippen LogP contribution in [-0.4, -0.2) is 17.9 Å². The molecule has 2 amide bonds. The van der Waals surface area contributed by atoms with Crippen molar-refractivity contribution in [1.29, 1.82) is 0 Å². The van der Waals surface area contributed by atoms with Crippen molar-refractivity contribution in [1.82, 2.24) is 0 Å². The lowest BCUT2D eigenvalue weighted by Crippen LogP contribution is -2.37. The standard InChI is InChI=1S/C28H28N2O3/c1-18-9-8-12-22(17-18)29-26(31)23-24(19-13-15-20(16-14-19)28(2,3)4)30(33-25(23)27(29)32)21-10-6-5-7-11-21/h5-17,23-25H,1-4H3/t23-,24-,25-/m0/s1. The summed E-state index contributed by atoms with van der Waals surface area (Å²) < 4.78 is 0. The lowest BCUT2D eigenvalue weighted by molar-refractivity contribution is -0.126. The molecule has 0 aliphatic carbocycles. The van der Waals surface area contributed by atoms with Crippen LogP contribution in [0.3, 0.4) is 0 Å². The number of anilines is 2. The van der Waals surface area contributed by atoms with Crippen molar-refractivity contribution in [2.45, 2.75) is 45.3 Å². The van der Waals surface area contributed by atoms with E-state index in [-0.39, 0.29) is 17.2 Å². The normalized spacial score (nSPS) is 22.7. The van der Waals surface area contributed by atoms with Gasteiger partial charge in [-0.1, -0.05) is 75.4 Å². The molecule has 5 rings (SSSR count). The molecule has 0 saturated carbocycles. The number of hydrogen-bond acceptors (Lipinski definition) is 4. The van der Waals surface area contributed by atoms with Crippen LogP contribution < -0.4 is 9.96 Å². The number of nitrogens with zero attached hydrogens (tertiary/aromatic N) is 2. The third-order valence-electron chi connectivity index (χ3n) is 6.50. The number of carbonyl (C=O) groups is 2. The Labute approximate surface area is 194 Å². The van der Waals surface area contributed by atoms with Gasteiger partial charge in [0.05, 0.1) is 17.4 Å². The van der Waals surface area contributed by atoms with E-state index in [0.717, 1.165) is 16.8 Å². The van der Waals surface area contributed by atoms with Crippen LogP contribution in [0.4, 0.5) is 11.4 Å². The number of benzene rings is 3. The van der Waals surface area contributed by atoms with Gasteiger partial charge in [-0.2, -0.15) is 0 Å². The number of para-hydroxylation sites is 1. The molecule has 168 valence electrons. The Balaban J connectivity index is 1.57. The molecule has 3 atom stereocenters. The molecule has 5 heteroatoms. The van der Waals surface area contributed by atoms with E-state index in [1.807, 2.05) is 55.5 Å². The van der Waals surface area contributed by atoms with E-state index < -0.39 is 18.1 Å². The van der Waals surface area contributed by atoms with Crippen LogP contribution in [0, 0.1) is 12.8 Å². The Kier molecular flexibility index (Phi) is 5.09. The van der Waals surface area contributed by atoms with E-state index >= 15 is 0 Å². The van der Waals surface area contributed by atoms with Crippen LogP contribution in [0.25, 0.3) is 0 Å². The first-order chi connectivity index (χ1) is 15.8. The second-order valence-electron chi connectivity index (χ2n) is 9.88. The third kappa shape index (κ3) is 3.62. The van der Waals surface area contributed by atoms with Crippen LogP contribution in [0.5, 0.6) is 0 Å². The Bertz CT molecular complexity index is 1200. The van der Waals surface area contributed by atoms with Gasteiger partial charge in [0.2, 0.25) is 5.91 Å². The number of imide groups is 1. The molecule has 0 N–H and O–H groups in total. The van der Waals surface area contributed by atoms with Crippen LogP contribution >= 0.6 is 0 Å². The SMILES string of the molecule is Cc1cccc(N2C(=O)[C@@H]3[C@H](ON(c4ccccc4)[C@H]3c3ccc(C(C)(C)C)cc3)C2=O)c1. The average Bonchev–Trinajstić information content (AvgIpc) is 3.30. The summed E-state index contributed by atoms with van der Waals surface area (Å²) in [4.78, 5) is 34.6. The number of carbonyl (C=O) groups excluding carboxylic acids is 2. The largest absolute Gasteiger partial charge is 0.273 e. The van der Waals surface area contributed by atoms with Gasteiger partial charge >= 0.3 is 0 Å². The van der Waals surface area contributed by atoms with Crippen LogP contribution in [-0.2, 0) is 19.8 Å². The van der Waals surface area contributed by atoms with Crippen LogP contribution in [0.15, 0.2) is 78.9 Å². The quantitative estimate of drug-likeness (QED) is 0.516. The smallest absolute Gasteiger partial charge is 0.266 e. The van der Waals surface area contributed by atoms with E-state index in [1.165, 1.54) is 10.5 Å². The Morgan fingerprint density at radius 3 is 2.09 bits per heavy atom. The van der Waals surface area contributed by atoms with E-state index in [9.17, 15) is 9.59 Å². The van der Waals surface area contributed by atoms with Gasteiger partial charge in [-0.15, -0.1) is 0 Å². The predicted octanol–water partition coefficient (Wildman–Crippen LogP) is 5.34. The van der Waals surface area contributed by atoms with E-state index in [2.05, 4.69) is 45.0 Å². The van der Waals surface area contributed by atoms with Crippen molar-refractivity contribution >= 4 is 23.2 Å². The number of amides is 2. The van der Waals surface area contributed by atoms with Gasteiger partial charge in [0.1, 0.15) is 5.92 Å². The zero-order valence-electron chi connectivity index (χ0n) is 19.4. The minimum Gasteiger partial charge on any atom is -0.273 e. The zero-order valence-corrected chi connectivity index (χ0v) is 19.4. The maximum atomic E-state index is 13.7. The first-order valence-corrected chi connectivity index (χ1v) is 11.3. The van der Waals surface area contributed by atoms with Crippen molar-refractivity contribution in [3.05, 3.63) is 95.6 Å². The first kappa shape index (κ1) is 21.4. The first-order valence-electron chi connectivity index (χ1n) is 11.3. The number of fused-ring (bicyclic) bond motifs is 1. The molecular weight excluding hydrogens is 412 g/mol. The van der Waals surface area contributed by atoms with Crippen molar-refractivity contribution in [2.24, 2.45) is 5.92 Å². The molecule has 2 aliphatic rings. The molecule has 2 fully saturated rings. The fourth-order valence-electron chi connectivity index (χ4n) is 4.75. The third-order valence-corrected chi connectivity index (χ3v) is 6.50. The minimum absolute atomic E-state index is 0.0213. The van der Waals surface area contributed by atoms with Crippen molar-refractivity contribution < 1.29 is 14.4 Å². The van der Waals surface area contributed by atoms with Gasteiger partial charge in [0, 0.05) is 0 Å². The van der Waals surface area contributed by atoms with E-state index in [1.54, 1.807) is 11.1 Å². The highest BCUT2D eigenvalue weighted by molar-refractivity contribution is 6.23. The van der Waals surface area contributed by atoms with E-state index in [4.69, 9.17) is 4.84 Å². The fraction of sp³-hybridized carbons (Fsp3) is 0.286. The summed E-state index contributed by atoms with van der Waals surface area (Å²) in [5.41, 5.74) is 4.59. The molecule has 0 unspecified atom stereocenters. The van der Waals surface area contributed by atoms with Crippen LogP contribution in [0.2, 0.25) is 0 Å². The fourth-order valence-corrected chi connectivity index (χ4v) is 4.75. The topological polar surface area (TPSA) is 49.9 Å². The monoisotopic (exact) mass is 440 g/mol. The average molecular weight is 441 g/mol. The van der Waals surface area contributed by atoms with Gasteiger partial charge in [-0.3, -0.25) is 14.4 Å². The summed E-state index contributed by atoms with van der Waals surface area (Å²) in [5, 5.41) is 1.74. The number of hydroxylamine groups is 1. The molecule has 5 nitrogen and oxygen atoms in total. The molecule has 2 heterocycles. The Hall–Kier alpha value is -3.44. The summed E-state index contributed by atoms with van der Waals surface area (Å²) in [5.74, 6) is -1.16. The number of rotatable bonds is 3. The summed E-state index contributed by atoms with van der Waals surface area (Å²) in [6, 6.07) is 25.0. The van der Waals surface area contributed by atoms with Gasteiger partial charge in [0.15, 0.2) is 6.10 Å². The zero-order chi connectivity index (χ0) is 23.3. The molecular formula is C28H28N2O3. The Morgan fingerprint density at radius 2 is 1.45 bits per heavy atom. The van der Waals surface area contributed by atoms with Crippen LogP contribution in [0.1, 0.15) is 43.5 Å². The summed E-state index contributed by atoms with van der Waals surface area (Å²) >= 11 is 0. The molecule has 0 spiro atoms. The Morgan fingerprint density at radius 1 is 0.788 bits per heavy atom. The molecule has 2 saturated heterocycles. The summed E-state index contributed by atoms with van der Waals surface area (Å²) in [6.45, 7) is 8.46. The maximum Gasteiger partial charge on any atom is 0.266 e. The lowest BCUT2D eigenvalue weighted by atomic mass is 9.84. The molecule has 2 aliphatic heterocycles. The van der Waals surface area contributed by atoms with Gasteiger partial charge in [-0.25, -0.2) is 9.96 Å². The second kappa shape index (κ2) is 7.85. The molecule has 33 heavy (non-hydrogen) atoms. The number of hydrogen-bond donors (Lipinski definition) is 0. The van der Waals surface area contributed by atoms with E-state index in [0.29, 0.717) is 5.69 Å². The maximum absolute atomic E-state index is 13.7. The van der Waals surface area contributed by atoms with Gasteiger partial charge in [0.25, 0.3) is 5.91 Å². The minimum atomic E-state index is -0.856. The van der Waals surface area contributed by atoms with Crippen molar-refractivity contribution in [3.8, 4) is 0 Å². The molecule has 0 radical (unpaired) electrons. The summed E-state index contributed by atoms with van der Waals surface area (Å²) in [6.07, 6.45) is -0.856. The summed E-state index contributed by atoms with van der Waals surface area (Å²) in [7, 11) is 0.